The van der Waals surface area contributed by atoms with Gasteiger partial charge in [-0.05, 0) is 27.7 Å². The Morgan fingerprint density at radius 2 is 2.16 bits per heavy atom. The molecular weight excluding hydrogens is 244 g/mol. The van der Waals surface area contributed by atoms with Crippen LogP contribution in [0.5, 0.6) is 0 Å². The second kappa shape index (κ2) is 5.61. The van der Waals surface area contributed by atoms with Crippen molar-refractivity contribution < 1.29 is 14.0 Å². The lowest BCUT2D eigenvalue weighted by atomic mass is 10.0. The third-order valence-corrected chi connectivity index (χ3v) is 3.47. The van der Waals surface area contributed by atoms with Crippen molar-refractivity contribution in [3.05, 3.63) is 17.0 Å². The summed E-state index contributed by atoms with van der Waals surface area (Å²) in [6.45, 7) is 11.5. The average molecular weight is 268 g/mol. The average Bonchev–Trinajstić information content (AvgIpc) is 2.59. The smallest absolute Gasteiger partial charge is 0.138 e. The summed E-state index contributed by atoms with van der Waals surface area (Å²) in [5, 5.41) is 4.02. The van der Waals surface area contributed by atoms with Gasteiger partial charge in [-0.25, -0.2) is 0 Å². The van der Waals surface area contributed by atoms with Crippen LogP contribution in [0.4, 0.5) is 0 Å². The summed E-state index contributed by atoms with van der Waals surface area (Å²) >= 11 is 0. The molecule has 0 aliphatic carbocycles. The number of hydrogen-bond acceptors (Lipinski definition) is 5. The second-order valence-corrected chi connectivity index (χ2v) is 5.93. The molecule has 2 rings (SSSR count). The summed E-state index contributed by atoms with van der Waals surface area (Å²) in [7, 11) is 1.71. The maximum atomic E-state index is 6.02. The summed E-state index contributed by atoms with van der Waals surface area (Å²) in [6, 6.07) is 0. The highest BCUT2D eigenvalue weighted by Gasteiger charge is 2.33. The van der Waals surface area contributed by atoms with E-state index in [1.807, 2.05) is 13.8 Å². The van der Waals surface area contributed by atoms with Crippen LogP contribution in [0.1, 0.15) is 30.9 Å². The predicted molar refractivity (Wildman–Crippen MR) is 72.1 cm³/mol. The Morgan fingerprint density at radius 1 is 1.42 bits per heavy atom. The molecule has 0 saturated carbocycles. The fourth-order valence-electron chi connectivity index (χ4n) is 2.76. The zero-order valence-corrected chi connectivity index (χ0v) is 12.5. The van der Waals surface area contributed by atoms with E-state index >= 15 is 0 Å². The molecule has 0 amide bonds. The van der Waals surface area contributed by atoms with Crippen LogP contribution in [0.25, 0.3) is 0 Å². The Bertz CT molecular complexity index is 409. The van der Waals surface area contributed by atoms with E-state index in [2.05, 4.69) is 23.9 Å². The van der Waals surface area contributed by atoms with Gasteiger partial charge in [0, 0.05) is 32.3 Å². The largest absolute Gasteiger partial charge is 0.382 e. The van der Waals surface area contributed by atoms with Gasteiger partial charge in [-0.2, -0.15) is 0 Å². The second-order valence-electron chi connectivity index (χ2n) is 5.93. The molecule has 108 valence electrons. The molecule has 2 heterocycles. The van der Waals surface area contributed by atoms with Crippen molar-refractivity contribution in [1.82, 2.24) is 10.1 Å². The number of methoxy groups -OCH3 is 1. The maximum absolute atomic E-state index is 6.02. The number of ether oxygens (including phenoxy) is 2. The van der Waals surface area contributed by atoms with E-state index < -0.39 is 0 Å². The van der Waals surface area contributed by atoms with Crippen molar-refractivity contribution in [2.45, 2.75) is 45.9 Å². The number of nitrogens with zero attached hydrogens (tertiary/aromatic N) is 2. The standard InChI is InChI=1S/C14H24N2O3/c1-10-13(11(2)19-15-10)7-16-6-12(8-17-5)18-14(3,4)9-16/h12H,6-9H2,1-5H3/t12-/m1/s1. The summed E-state index contributed by atoms with van der Waals surface area (Å²) in [6.07, 6.45) is 0.120. The number of morpholine rings is 1. The molecule has 5 nitrogen and oxygen atoms in total. The van der Waals surface area contributed by atoms with Crippen molar-refractivity contribution in [2.75, 3.05) is 26.8 Å². The Labute approximate surface area is 114 Å². The topological polar surface area (TPSA) is 47.7 Å². The van der Waals surface area contributed by atoms with Gasteiger partial charge in [0.05, 0.1) is 24.0 Å². The first kappa shape index (κ1) is 14.5. The SMILES string of the molecule is COC[C@H]1CN(Cc2c(C)noc2C)CC(C)(C)O1. The summed E-state index contributed by atoms with van der Waals surface area (Å²) < 4.78 is 16.5. The number of hydrogen-bond donors (Lipinski definition) is 0. The molecule has 0 unspecified atom stereocenters. The molecule has 1 aromatic rings. The highest BCUT2D eigenvalue weighted by Crippen LogP contribution is 2.24. The van der Waals surface area contributed by atoms with Gasteiger partial charge in [0.2, 0.25) is 0 Å². The first-order valence-corrected chi connectivity index (χ1v) is 6.72. The molecule has 1 saturated heterocycles. The minimum atomic E-state index is -0.152. The van der Waals surface area contributed by atoms with Crippen LogP contribution >= 0.6 is 0 Å². The minimum absolute atomic E-state index is 0.120. The molecule has 0 aromatic carbocycles. The van der Waals surface area contributed by atoms with Crippen molar-refractivity contribution in [2.24, 2.45) is 0 Å². The Hall–Kier alpha value is -0.910. The van der Waals surface area contributed by atoms with E-state index in [0.29, 0.717) is 6.61 Å². The maximum Gasteiger partial charge on any atom is 0.138 e. The van der Waals surface area contributed by atoms with Crippen LogP contribution in [0, 0.1) is 13.8 Å². The zero-order chi connectivity index (χ0) is 14.0. The van der Waals surface area contributed by atoms with Gasteiger partial charge in [-0.15, -0.1) is 0 Å². The van der Waals surface area contributed by atoms with E-state index in [0.717, 1.165) is 31.1 Å². The fourth-order valence-corrected chi connectivity index (χ4v) is 2.76. The van der Waals surface area contributed by atoms with E-state index in [1.54, 1.807) is 7.11 Å². The van der Waals surface area contributed by atoms with Gasteiger partial charge >= 0.3 is 0 Å². The molecule has 0 bridgehead atoms. The number of rotatable bonds is 4. The molecule has 1 atom stereocenters. The molecular formula is C14H24N2O3. The Morgan fingerprint density at radius 3 is 2.74 bits per heavy atom. The fraction of sp³-hybridized carbons (Fsp3) is 0.786. The molecule has 1 aliphatic heterocycles. The Kier molecular flexibility index (Phi) is 4.28. The van der Waals surface area contributed by atoms with Crippen molar-refractivity contribution in [1.29, 1.82) is 0 Å². The Balaban J connectivity index is 2.07. The van der Waals surface area contributed by atoms with E-state index in [-0.39, 0.29) is 11.7 Å². The van der Waals surface area contributed by atoms with Crippen molar-refractivity contribution >= 4 is 0 Å². The summed E-state index contributed by atoms with van der Waals surface area (Å²) in [5.74, 6) is 0.907. The predicted octanol–water partition coefficient (Wildman–Crippen LogP) is 1.92. The minimum Gasteiger partial charge on any atom is -0.382 e. The third kappa shape index (κ3) is 3.55. The molecule has 1 aromatic heterocycles. The highest BCUT2D eigenvalue weighted by atomic mass is 16.5. The molecule has 5 heteroatoms. The highest BCUT2D eigenvalue weighted by molar-refractivity contribution is 5.20. The normalized spacial score (nSPS) is 23.7. The summed E-state index contributed by atoms with van der Waals surface area (Å²) in [4.78, 5) is 2.39. The molecule has 0 spiro atoms. The quantitative estimate of drug-likeness (QED) is 0.835. The monoisotopic (exact) mass is 268 g/mol. The van der Waals surface area contributed by atoms with E-state index in [1.165, 1.54) is 5.56 Å². The first-order chi connectivity index (χ1) is 8.91. The molecule has 0 radical (unpaired) electrons. The van der Waals surface area contributed by atoms with Gasteiger partial charge in [0.15, 0.2) is 0 Å². The van der Waals surface area contributed by atoms with E-state index in [4.69, 9.17) is 14.0 Å². The van der Waals surface area contributed by atoms with Crippen molar-refractivity contribution in [3.63, 3.8) is 0 Å². The lowest BCUT2D eigenvalue weighted by Crippen LogP contribution is -2.53. The van der Waals surface area contributed by atoms with Crippen LogP contribution in [0.3, 0.4) is 0 Å². The van der Waals surface area contributed by atoms with Crippen LogP contribution < -0.4 is 0 Å². The van der Waals surface area contributed by atoms with Gasteiger partial charge in [0.1, 0.15) is 5.76 Å². The third-order valence-electron chi connectivity index (χ3n) is 3.47. The van der Waals surface area contributed by atoms with E-state index in [9.17, 15) is 0 Å². The molecule has 19 heavy (non-hydrogen) atoms. The lowest BCUT2D eigenvalue weighted by Gasteiger charge is -2.42. The van der Waals surface area contributed by atoms with Crippen LogP contribution in [-0.4, -0.2) is 48.6 Å². The lowest BCUT2D eigenvalue weighted by molar-refractivity contribution is -0.154. The van der Waals surface area contributed by atoms with Crippen LogP contribution in [0.2, 0.25) is 0 Å². The van der Waals surface area contributed by atoms with Crippen molar-refractivity contribution in [3.8, 4) is 0 Å². The van der Waals surface area contributed by atoms with Gasteiger partial charge in [0.25, 0.3) is 0 Å². The summed E-state index contributed by atoms with van der Waals surface area (Å²) in [5.41, 5.74) is 2.01. The number of aryl methyl sites for hydroxylation is 2. The van der Waals surface area contributed by atoms with Gasteiger partial charge in [-0.1, -0.05) is 5.16 Å². The van der Waals surface area contributed by atoms with Gasteiger partial charge in [-0.3, -0.25) is 4.90 Å². The molecule has 0 N–H and O–H groups in total. The van der Waals surface area contributed by atoms with Crippen LogP contribution in [0.15, 0.2) is 4.52 Å². The number of aromatic nitrogens is 1. The molecule has 1 aliphatic rings. The first-order valence-electron chi connectivity index (χ1n) is 6.72. The van der Waals surface area contributed by atoms with Crippen LogP contribution in [-0.2, 0) is 16.0 Å². The zero-order valence-electron chi connectivity index (χ0n) is 12.5. The molecule has 1 fully saturated rings. The van der Waals surface area contributed by atoms with Gasteiger partial charge < -0.3 is 14.0 Å².